The molecule has 12 heteroatoms. The molecule has 1 aromatic carbocycles. The van der Waals surface area contributed by atoms with Crippen molar-refractivity contribution in [2.24, 2.45) is 0 Å². The second kappa shape index (κ2) is 8.19. The van der Waals surface area contributed by atoms with E-state index in [1.807, 2.05) is 0 Å². The highest BCUT2D eigenvalue weighted by Gasteiger charge is 2.38. The molecular weight excluding hydrogens is 423 g/mol. The zero-order valence-electron chi connectivity index (χ0n) is 16.2. The molecule has 3 rings (SSSR count). The predicted molar refractivity (Wildman–Crippen MR) is 104 cm³/mol. The van der Waals surface area contributed by atoms with Crippen LogP contribution in [0.5, 0.6) is 0 Å². The van der Waals surface area contributed by atoms with Crippen molar-refractivity contribution in [3.8, 4) is 0 Å². The molecule has 1 aromatic heterocycles. The minimum absolute atomic E-state index is 0.0391. The number of hydrogen-bond acceptors (Lipinski definition) is 7. The largest absolute Gasteiger partial charge is 0.435 e. The third kappa shape index (κ3) is 4.70. The standard InChI is InChI=1S/C18H20F3N5O3S/c1-11-14(17(27)23-12-4-3-5-13(10-12)30(2,22)28)16(26-6-8-29-9-7-26)25-24-15(11)18(19,20)21/h3-5,10,22H,6-9H2,1-2H3,(H,23,27). The topological polar surface area (TPSA) is 108 Å². The van der Waals surface area contributed by atoms with E-state index in [0.29, 0.717) is 26.3 Å². The summed E-state index contributed by atoms with van der Waals surface area (Å²) in [5.74, 6) is -0.767. The number of hydrogen-bond donors (Lipinski definition) is 2. The Balaban J connectivity index is 2.04. The molecule has 0 bridgehead atoms. The zero-order valence-corrected chi connectivity index (χ0v) is 17.1. The molecule has 1 fully saturated rings. The van der Waals surface area contributed by atoms with E-state index >= 15 is 0 Å². The van der Waals surface area contributed by atoms with E-state index in [1.54, 1.807) is 4.90 Å². The van der Waals surface area contributed by atoms with Crippen molar-refractivity contribution in [2.45, 2.75) is 18.0 Å². The number of anilines is 2. The first-order valence-electron chi connectivity index (χ1n) is 8.91. The number of rotatable bonds is 4. The van der Waals surface area contributed by atoms with Crippen LogP contribution in [0.4, 0.5) is 24.7 Å². The molecular formula is C18H20F3N5O3S. The van der Waals surface area contributed by atoms with E-state index in [-0.39, 0.29) is 27.5 Å². The van der Waals surface area contributed by atoms with Crippen molar-refractivity contribution in [3.63, 3.8) is 0 Å². The van der Waals surface area contributed by atoms with E-state index in [0.717, 1.165) is 0 Å². The summed E-state index contributed by atoms with van der Waals surface area (Å²) in [7, 11) is -3.03. The Labute approximate surface area is 171 Å². The number of halogens is 3. The van der Waals surface area contributed by atoms with Gasteiger partial charge in [0.1, 0.15) is 0 Å². The number of ether oxygens (including phenoxy) is 1. The lowest BCUT2D eigenvalue weighted by atomic mass is 10.1. The quantitative estimate of drug-likeness (QED) is 0.752. The monoisotopic (exact) mass is 443 g/mol. The average molecular weight is 443 g/mol. The van der Waals surface area contributed by atoms with Gasteiger partial charge >= 0.3 is 6.18 Å². The summed E-state index contributed by atoms with van der Waals surface area (Å²) in [6.45, 7) is 2.58. The van der Waals surface area contributed by atoms with Crippen molar-refractivity contribution < 1.29 is 26.9 Å². The van der Waals surface area contributed by atoms with Gasteiger partial charge in [0.05, 0.1) is 28.5 Å². The van der Waals surface area contributed by atoms with Crippen LogP contribution in [0.3, 0.4) is 0 Å². The number of aromatic nitrogens is 2. The summed E-state index contributed by atoms with van der Waals surface area (Å²) >= 11 is 0. The van der Waals surface area contributed by atoms with Crippen molar-refractivity contribution in [2.75, 3.05) is 42.8 Å². The Morgan fingerprint density at radius 3 is 2.53 bits per heavy atom. The molecule has 0 spiro atoms. The number of amides is 1. The Hall–Kier alpha value is -2.73. The number of alkyl halides is 3. The number of nitrogens with zero attached hydrogens (tertiary/aromatic N) is 3. The first-order chi connectivity index (χ1) is 14.0. The molecule has 1 saturated heterocycles. The van der Waals surface area contributed by atoms with Crippen LogP contribution in [0.2, 0.25) is 0 Å². The predicted octanol–water partition coefficient (Wildman–Crippen LogP) is 2.93. The van der Waals surface area contributed by atoms with Gasteiger partial charge in [-0.3, -0.25) is 4.79 Å². The normalized spacial score (nSPS) is 16.8. The molecule has 1 unspecified atom stereocenters. The van der Waals surface area contributed by atoms with Crippen LogP contribution in [0.25, 0.3) is 0 Å². The Bertz CT molecular complexity index is 1070. The maximum absolute atomic E-state index is 13.4. The van der Waals surface area contributed by atoms with Gasteiger partial charge in [-0.2, -0.15) is 13.2 Å². The minimum Gasteiger partial charge on any atom is -0.378 e. The van der Waals surface area contributed by atoms with Crippen LogP contribution in [0, 0.1) is 11.7 Å². The van der Waals surface area contributed by atoms with E-state index < -0.39 is 27.5 Å². The van der Waals surface area contributed by atoms with E-state index in [2.05, 4.69) is 15.5 Å². The van der Waals surface area contributed by atoms with E-state index in [1.165, 1.54) is 37.4 Å². The van der Waals surface area contributed by atoms with Crippen LogP contribution >= 0.6 is 0 Å². The molecule has 1 amide bonds. The van der Waals surface area contributed by atoms with Gasteiger partial charge < -0.3 is 15.0 Å². The maximum Gasteiger partial charge on any atom is 0.435 e. The molecule has 0 radical (unpaired) electrons. The summed E-state index contributed by atoms with van der Waals surface area (Å²) in [6, 6.07) is 5.83. The van der Waals surface area contributed by atoms with Gasteiger partial charge in [-0.15, -0.1) is 10.2 Å². The lowest BCUT2D eigenvalue weighted by Crippen LogP contribution is -2.39. The van der Waals surface area contributed by atoms with Gasteiger partial charge in [0.2, 0.25) is 0 Å². The van der Waals surface area contributed by atoms with Crippen molar-refractivity contribution in [1.82, 2.24) is 10.2 Å². The van der Waals surface area contributed by atoms with Gasteiger partial charge in [-0.1, -0.05) is 6.07 Å². The highest BCUT2D eigenvalue weighted by atomic mass is 32.2. The summed E-state index contributed by atoms with van der Waals surface area (Å²) in [4.78, 5) is 14.9. The molecule has 2 N–H and O–H groups in total. The number of benzene rings is 1. The number of nitrogens with one attached hydrogen (secondary N) is 2. The Kier molecular flexibility index (Phi) is 5.99. The third-order valence-corrected chi connectivity index (χ3v) is 5.70. The summed E-state index contributed by atoms with van der Waals surface area (Å²) in [5.41, 5.74) is -1.61. The van der Waals surface area contributed by atoms with Gasteiger partial charge in [-0.25, -0.2) is 8.99 Å². The van der Waals surface area contributed by atoms with Crippen molar-refractivity contribution >= 4 is 27.1 Å². The van der Waals surface area contributed by atoms with E-state index in [4.69, 9.17) is 9.52 Å². The molecule has 2 heterocycles. The first-order valence-corrected chi connectivity index (χ1v) is 10.9. The molecule has 1 aliphatic rings. The van der Waals surface area contributed by atoms with Gasteiger partial charge in [-0.05, 0) is 30.7 Å². The lowest BCUT2D eigenvalue weighted by Gasteiger charge is -2.29. The van der Waals surface area contributed by atoms with Crippen LogP contribution in [-0.2, 0) is 20.6 Å². The Morgan fingerprint density at radius 2 is 1.93 bits per heavy atom. The smallest absolute Gasteiger partial charge is 0.378 e. The number of carbonyl (C=O) groups is 1. The van der Waals surface area contributed by atoms with Crippen LogP contribution < -0.4 is 10.2 Å². The minimum atomic E-state index is -4.77. The average Bonchev–Trinajstić information content (AvgIpc) is 2.66. The van der Waals surface area contributed by atoms with Crippen LogP contribution in [-0.4, -0.2) is 52.9 Å². The van der Waals surface area contributed by atoms with Crippen LogP contribution in [0.1, 0.15) is 21.6 Å². The Morgan fingerprint density at radius 1 is 1.27 bits per heavy atom. The SMILES string of the molecule is Cc1c(C(F)(F)F)nnc(N2CCOCC2)c1C(=O)Nc1cccc(S(C)(=N)=O)c1. The molecule has 0 saturated carbocycles. The highest BCUT2D eigenvalue weighted by molar-refractivity contribution is 7.91. The second-order valence-corrected chi connectivity index (χ2v) is 8.95. The van der Waals surface area contributed by atoms with Crippen molar-refractivity contribution in [1.29, 1.82) is 4.78 Å². The van der Waals surface area contributed by atoms with Gasteiger partial charge in [0, 0.05) is 29.9 Å². The fraction of sp³-hybridized carbons (Fsp3) is 0.389. The molecule has 1 atom stereocenters. The summed E-state index contributed by atoms with van der Waals surface area (Å²) < 4.78 is 65.0. The fourth-order valence-corrected chi connectivity index (χ4v) is 3.75. The highest BCUT2D eigenvalue weighted by Crippen LogP contribution is 2.34. The molecule has 1 aliphatic heterocycles. The van der Waals surface area contributed by atoms with Crippen LogP contribution in [0.15, 0.2) is 29.2 Å². The summed E-state index contributed by atoms with van der Waals surface area (Å²) in [6.07, 6.45) is -3.54. The number of carbonyl (C=O) groups excluding carboxylic acids is 1. The summed E-state index contributed by atoms with van der Waals surface area (Å²) in [5, 5.41) is 9.56. The molecule has 2 aromatic rings. The third-order valence-electron chi connectivity index (χ3n) is 4.55. The molecule has 30 heavy (non-hydrogen) atoms. The molecule has 162 valence electrons. The number of morpholine rings is 1. The lowest BCUT2D eigenvalue weighted by molar-refractivity contribution is -0.142. The van der Waals surface area contributed by atoms with Gasteiger partial charge in [0.25, 0.3) is 5.91 Å². The fourth-order valence-electron chi connectivity index (χ4n) is 3.06. The zero-order chi connectivity index (χ0) is 22.1. The van der Waals surface area contributed by atoms with Gasteiger partial charge in [0.15, 0.2) is 11.5 Å². The first kappa shape index (κ1) is 22.0. The molecule has 0 aliphatic carbocycles. The van der Waals surface area contributed by atoms with Crippen molar-refractivity contribution in [3.05, 3.63) is 41.1 Å². The molecule has 8 nitrogen and oxygen atoms in total. The second-order valence-electron chi connectivity index (χ2n) is 6.79. The maximum atomic E-state index is 13.4. The van der Waals surface area contributed by atoms with E-state index in [9.17, 15) is 22.2 Å².